The number of rotatable bonds is 0. The van der Waals surface area contributed by atoms with E-state index in [1.54, 1.807) is 0 Å². The van der Waals surface area contributed by atoms with E-state index in [9.17, 15) is 0 Å². The zero-order chi connectivity index (χ0) is 12.5. The summed E-state index contributed by atoms with van der Waals surface area (Å²) in [5, 5.41) is 0. The van der Waals surface area contributed by atoms with Crippen LogP contribution in [-0.2, 0) is 0 Å². The lowest BCUT2D eigenvalue weighted by Crippen LogP contribution is -2.36. The van der Waals surface area contributed by atoms with Gasteiger partial charge in [0, 0.05) is 4.32 Å². The summed E-state index contributed by atoms with van der Waals surface area (Å²) in [4.78, 5) is 0. The molecule has 12 saturated carbocycles. The van der Waals surface area contributed by atoms with Gasteiger partial charge in [-0.05, 0) is 112 Å². The molecule has 12 aliphatic rings. The third kappa shape index (κ3) is 0.437. The highest BCUT2D eigenvalue weighted by Crippen LogP contribution is 3.03. The fourth-order valence-electron chi connectivity index (χ4n) is 15.3. The van der Waals surface area contributed by atoms with Gasteiger partial charge in [0.05, 0.1) is 0 Å². The maximum atomic E-state index is 4.62. The van der Waals surface area contributed by atoms with Gasteiger partial charge in [-0.1, -0.05) is 15.9 Å². The Morgan fingerprint density at radius 2 is 0.524 bits per heavy atom. The smallest absolute Gasteiger partial charge is 0.0359 e. The van der Waals surface area contributed by atoms with E-state index in [0.717, 1.165) is 0 Å². The molecular formula is C20H19Br. The van der Waals surface area contributed by atoms with Crippen molar-refractivity contribution in [3.05, 3.63) is 0 Å². The second-order valence-electron chi connectivity index (χ2n) is 11.6. The third-order valence-corrected chi connectivity index (χ3v) is 14.9. The lowest BCUT2D eigenvalue weighted by Gasteiger charge is -2.34. The van der Waals surface area contributed by atoms with Gasteiger partial charge in [0.2, 0.25) is 0 Å². The zero-order valence-electron chi connectivity index (χ0n) is 11.8. The maximum Gasteiger partial charge on any atom is 0.0359 e. The fourth-order valence-corrected chi connectivity index (χ4v) is 17.1. The first-order valence-corrected chi connectivity index (χ1v) is 10.8. The van der Waals surface area contributed by atoms with E-state index < -0.39 is 0 Å². The van der Waals surface area contributed by atoms with Crippen molar-refractivity contribution in [2.24, 2.45) is 112 Å². The molecule has 106 valence electrons. The number of hydrogen-bond donors (Lipinski definition) is 0. The van der Waals surface area contributed by atoms with Crippen molar-refractivity contribution in [2.75, 3.05) is 0 Å². The van der Waals surface area contributed by atoms with Crippen molar-refractivity contribution < 1.29 is 0 Å². The van der Waals surface area contributed by atoms with Crippen LogP contribution in [0.4, 0.5) is 0 Å². The largest absolute Gasteiger partial charge is 0.0844 e. The summed E-state index contributed by atoms with van der Waals surface area (Å²) in [6.45, 7) is 0. The Hall–Kier alpha value is 0.480. The summed E-state index contributed by atoms with van der Waals surface area (Å²) < 4.78 is 0.713. The van der Waals surface area contributed by atoms with Crippen molar-refractivity contribution in [1.29, 1.82) is 0 Å². The van der Waals surface area contributed by atoms with Crippen LogP contribution in [0.15, 0.2) is 0 Å². The van der Waals surface area contributed by atoms with Gasteiger partial charge in [-0.3, -0.25) is 0 Å². The Labute approximate surface area is 132 Å². The van der Waals surface area contributed by atoms with Gasteiger partial charge >= 0.3 is 0 Å². The highest BCUT2D eigenvalue weighted by Gasteiger charge is 3.01. The van der Waals surface area contributed by atoms with Gasteiger partial charge in [0.15, 0.2) is 0 Å². The molecule has 0 bridgehead atoms. The monoisotopic (exact) mass is 338 g/mol. The zero-order valence-corrected chi connectivity index (χ0v) is 13.4. The third-order valence-electron chi connectivity index (χ3n) is 13.4. The minimum atomic E-state index is 0.713. The molecule has 12 rings (SSSR count). The second kappa shape index (κ2) is 1.93. The maximum absolute atomic E-state index is 4.62. The molecule has 1 heteroatoms. The average Bonchev–Trinajstić information content (AvgIpc) is 3.10. The molecule has 12 aliphatic carbocycles. The topological polar surface area (TPSA) is 0 Å². The molecule has 8 unspecified atom stereocenters. The summed E-state index contributed by atoms with van der Waals surface area (Å²) in [5.74, 6) is 24.0. The van der Waals surface area contributed by atoms with Gasteiger partial charge in [-0.2, -0.15) is 0 Å². The molecule has 0 aromatic rings. The van der Waals surface area contributed by atoms with Gasteiger partial charge in [-0.15, -0.1) is 0 Å². The minimum absolute atomic E-state index is 0.713. The van der Waals surface area contributed by atoms with E-state index in [4.69, 9.17) is 0 Å². The molecule has 12 fully saturated rings. The van der Waals surface area contributed by atoms with E-state index in [-0.39, 0.29) is 0 Å². The summed E-state index contributed by atoms with van der Waals surface area (Å²) in [5.41, 5.74) is 0. The van der Waals surface area contributed by atoms with Gasteiger partial charge in [-0.25, -0.2) is 0 Å². The van der Waals surface area contributed by atoms with E-state index in [1.807, 2.05) is 0 Å². The van der Waals surface area contributed by atoms with Crippen molar-refractivity contribution in [3.8, 4) is 0 Å². The molecular weight excluding hydrogens is 320 g/mol. The minimum Gasteiger partial charge on any atom is -0.0844 e. The van der Waals surface area contributed by atoms with Crippen LogP contribution in [0, 0.1) is 112 Å². The first-order valence-electron chi connectivity index (χ1n) is 10.1. The van der Waals surface area contributed by atoms with Gasteiger partial charge in [0.25, 0.3) is 0 Å². The Morgan fingerprint density at radius 3 is 0.762 bits per heavy atom. The quantitative estimate of drug-likeness (QED) is 0.595. The Bertz CT molecular complexity index is 611. The van der Waals surface area contributed by atoms with Crippen LogP contribution >= 0.6 is 15.9 Å². The van der Waals surface area contributed by atoms with Crippen LogP contribution < -0.4 is 0 Å². The van der Waals surface area contributed by atoms with Gasteiger partial charge in [0.1, 0.15) is 0 Å². The summed E-state index contributed by atoms with van der Waals surface area (Å²) >= 11 is 4.62. The highest BCUT2D eigenvalue weighted by atomic mass is 79.9. The Morgan fingerprint density at radius 1 is 0.333 bits per heavy atom. The summed E-state index contributed by atoms with van der Waals surface area (Å²) in [7, 11) is 0. The molecule has 0 aliphatic heterocycles. The SMILES string of the molecule is BrC12C3[C@@H]4[C@@H]5C6C7C8[C@@H]5[C@@H]3[C@H]3C1[C@H]1[C@@H](C7[C@@H]5[C@@H]6[C@@H]4C2[C@@H]51)[C@H]83. The molecule has 0 saturated heterocycles. The van der Waals surface area contributed by atoms with Crippen molar-refractivity contribution >= 4 is 15.9 Å². The molecule has 0 amide bonds. The Kier molecular flexibility index (Phi) is 0.835. The van der Waals surface area contributed by atoms with E-state index >= 15 is 0 Å². The predicted octanol–water partition coefficient (Wildman–Crippen LogP) is 2.98. The first-order chi connectivity index (χ1) is 10.4. The molecule has 0 heterocycles. The van der Waals surface area contributed by atoms with Crippen molar-refractivity contribution in [2.45, 2.75) is 4.32 Å². The van der Waals surface area contributed by atoms with Crippen LogP contribution in [0.3, 0.4) is 0 Å². The molecule has 20 atom stereocenters. The van der Waals surface area contributed by atoms with Crippen LogP contribution in [0.25, 0.3) is 0 Å². The average molecular weight is 339 g/mol. The van der Waals surface area contributed by atoms with E-state index in [1.165, 1.54) is 112 Å². The first kappa shape index (κ1) is 9.09. The van der Waals surface area contributed by atoms with Crippen LogP contribution in [0.2, 0.25) is 0 Å². The van der Waals surface area contributed by atoms with Crippen LogP contribution in [0.1, 0.15) is 0 Å². The Balaban J connectivity index is 1.49. The summed E-state index contributed by atoms with van der Waals surface area (Å²) in [6.07, 6.45) is 0. The second-order valence-corrected chi connectivity index (χ2v) is 13.0. The molecule has 0 nitrogen and oxygen atoms in total. The molecule has 21 heavy (non-hydrogen) atoms. The van der Waals surface area contributed by atoms with E-state index in [2.05, 4.69) is 15.9 Å². The number of hydrogen-bond acceptors (Lipinski definition) is 0. The molecule has 0 spiro atoms. The number of alkyl halides is 1. The van der Waals surface area contributed by atoms with Crippen LogP contribution in [-0.4, -0.2) is 4.32 Å². The molecule has 0 aromatic heterocycles. The lowest BCUT2D eigenvalue weighted by atomic mass is 9.77. The van der Waals surface area contributed by atoms with Gasteiger partial charge < -0.3 is 0 Å². The number of halogens is 1. The molecule has 0 radical (unpaired) electrons. The molecule has 0 aromatic carbocycles. The van der Waals surface area contributed by atoms with Crippen molar-refractivity contribution in [3.63, 3.8) is 0 Å². The molecule has 0 N–H and O–H groups in total. The van der Waals surface area contributed by atoms with Crippen LogP contribution in [0.5, 0.6) is 0 Å². The highest BCUT2D eigenvalue weighted by molar-refractivity contribution is 9.10. The predicted molar refractivity (Wildman–Crippen MR) is 78.0 cm³/mol. The fraction of sp³-hybridized carbons (Fsp3) is 1.00. The normalized spacial score (nSPS) is 107. The summed E-state index contributed by atoms with van der Waals surface area (Å²) in [6, 6.07) is 0. The van der Waals surface area contributed by atoms with E-state index in [0.29, 0.717) is 4.32 Å². The lowest BCUT2D eigenvalue weighted by molar-refractivity contribution is 0.198. The standard InChI is InChI=1S/C20H19Br/c21-20-17-11-5-2-1-3-7(5)13(17)15-9(3)10-4(1)8-6(2)12(11)18(20)14(8)16(10)19(15)20/h1-19H/t1?,2?,3?,4?,5-,6-,7-,8+,9+,10+,11-,12+,13-,14+,15-,16-,17?,18?,19?,20?/m0/s1. The van der Waals surface area contributed by atoms with Crippen molar-refractivity contribution in [1.82, 2.24) is 0 Å².